The topological polar surface area (TPSA) is 50.8 Å². The molecule has 0 radical (unpaired) electrons. The van der Waals surface area contributed by atoms with Crippen molar-refractivity contribution in [3.05, 3.63) is 0 Å². The highest BCUT2D eigenvalue weighted by molar-refractivity contribution is 5.68. The van der Waals surface area contributed by atoms with Crippen LogP contribution in [-0.4, -0.2) is 54.5 Å². The van der Waals surface area contributed by atoms with E-state index in [9.17, 15) is 4.79 Å². The average molecular weight is 324 g/mol. The Morgan fingerprint density at radius 3 is 2.70 bits per heavy atom. The minimum absolute atomic E-state index is 0.203. The molecule has 1 aliphatic carbocycles. The van der Waals surface area contributed by atoms with E-state index in [1.807, 2.05) is 25.7 Å². The van der Waals surface area contributed by atoms with Gasteiger partial charge in [0.05, 0.1) is 13.2 Å². The fourth-order valence-corrected chi connectivity index (χ4v) is 4.47. The van der Waals surface area contributed by atoms with E-state index < -0.39 is 5.60 Å². The number of morpholine rings is 1. The molecule has 3 fully saturated rings. The molecule has 0 aromatic carbocycles. The van der Waals surface area contributed by atoms with Gasteiger partial charge in [-0.25, -0.2) is 4.79 Å². The van der Waals surface area contributed by atoms with Crippen molar-refractivity contribution in [2.75, 3.05) is 26.2 Å². The molecule has 2 aliphatic heterocycles. The minimum Gasteiger partial charge on any atom is -0.444 e. The number of rotatable bonds is 1. The van der Waals surface area contributed by atoms with Gasteiger partial charge in [-0.15, -0.1) is 0 Å². The normalized spacial score (nSPS) is 33.2. The van der Waals surface area contributed by atoms with Crippen LogP contribution >= 0.6 is 0 Å². The van der Waals surface area contributed by atoms with Crippen LogP contribution in [0.15, 0.2) is 0 Å². The van der Waals surface area contributed by atoms with Crippen molar-refractivity contribution < 1.29 is 14.3 Å². The van der Waals surface area contributed by atoms with Crippen LogP contribution in [0.5, 0.6) is 0 Å². The quantitative estimate of drug-likeness (QED) is 0.806. The Balaban J connectivity index is 1.68. The lowest BCUT2D eigenvalue weighted by Crippen LogP contribution is -2.62. The maximum atomic E-state index is 12.4. The number of ether oxygens (including phenoxy) is 2. The van der Waals surface area contributed by atoms with Gasteiger partial charge in [-0.2, -0.15) is 0 Å². The van der Waals surface area contributed by atoms with Crippen LogP contribution in [0.25, 0.3) is 0 Å². The first-order valence-corrected chi connectivity index (χ1v) is 9.25. The summed E-state index contributed by atoms with van der Waals surface area (Å²) in [5.74, 6) is 0.683. The van der Waals surface area contributed by atoms with Crippen LogP contribution < -0.4 is 5.32 Å². The Morgan fingerprint density at radius 1 is 1.26 bits per heavy atom. The molecule has 0 aromatic heterocycles. The molecular formula is C18H32N2O3. The van der Waals surface area contributed by atoms with E-state index in [0.29, 0.717) is 18.5 Å². The molecule has 1 N–H and O–H groups in total. The maximum absolute atomic E-state index is 12.4. The fraction of sp³-hybridized carbons (Fsp3) is 0.944. The molecule has 5 nitrogen and oxygen atoms in total. The molecule has 3 aliphatic rings. The summed E-state index contributed by atoms with van der Waals surface area (Å²) in [5.41, 5.74) is -0.654. The smallest absolute Gasteiger partial charge is 0.410 e. The Labute approximate surface area is 140 Å². The van der Waals surface area contributed by atoms with Gasteiger partial charge >= 0.3 is 6.09 Å². The summed E-state index contributed by atoms with van der Waals surface area (Å²) in [6.45, 7) is 8.82. The first-order valence-electron chi connectivity index (χ1n) is 9.25. The summed E-state index contributed by atoms with van der Waals surface area (Å²) < 4.78 is 11.8. The highest BCUT2D eigenvalue weighted by Gasteiger charge is 2.51. The third-order valence-electron chi connectivity index (χ3n) is 5.46. The van der Waals surface area contributed by atoms with Crippen LogP contribution in [-0.2, 0) is 9.47 Å². The molecule has 2 unspecified atom stereocenters. The molecule has 1 spiro atoms. The van der Waals surface area contributed by atoms with Gasteiger partial charge in [0.25, 0.3) is 0 Å². The average Bonchev–Trinajstić information content (AvgIpc) is 2.92. The van der Waals surface area contributed by atoms with Gasteiger partial charge in [-0.3, -0.25) is 0 Å². The number of carbonyl (C=O) groups excluding carboxylic acids is 1. The summed E-state index contributed by atoms with van der Waals surface area (Å²) in [6.07, 6.45) is 7.31. The molecule has 2 atom stereocenters. The summed E-state index contributed by atoms with van der Waals surface area (Å²) in [6, 6.07) is 0.379. The van der Waals surface area contributed by atoms with Gasteiger partial charge in [0.15, 0.2) is 0 Å². The van der Waals surface area contributed by atoms with Crippen LogP contribution in [0, 0.1) is 5.92 Å². The second-order valence-electron chi connectivity index (χ2n) is 8.40. The van der Waals surface area contributed by atoms with Gasteiger partial charge in [-0.05, 0) is 46.0 Å². The van der Waals surface area contributed by atoms with E-state index in [0.717, 1.165) is 26.1 Å². The summed E-state index contributed by atoms with van der Waals surface area (Å²) in [4.78, 5) is 14.2. The highest BCUT2D eigenvalue weighted by Crippen LogP contribution is 2.39. The summed E-state index contributed by atoms with van der Waals surface area (Å²) in [7, 11) is 0. The zero-order valence-electron chi connectivity index (χ0n) is 14.9. The number of likely N-dealkylation sites (tertiary alicyclic amines) is 1. The fourth-order valence-electron chi connectivity index (χ4n) is 4.47. The third kappa shape index (κ3) is 3.82. The number of nitrogens with one attached hydrogen (secondary N) is 1. The number of amides is 1. The molecule has 0 aromatic rings. The van der Waals surface area contributed by atoms with E-state index >= 15 is 0 Å². The number of carbonyl (C=O) groups is 1. The Kier molecular flexibility index (Phi) is 4.88. The molecule has 23 heavy (non-hydrogen) atoms. The van der Waals surface area contributed by atoms with Crippen molar-refractivity contribution in [1.82, 2.24) is 10.2 Å². The van der Waals surface area contributed by atoms with Crippen molar-refractivity contribution in [1.29, 1.82) is 0 Å². The van der Waals surface area contributed by atoms with Gasteiger partial charge in [0, 0.05) is 19.1 Å². The summed E-state index contributed by atoms with van der Waals surface area (Å²) in [5, 5.41) is 3.73. The van der Waals surface area contributed by atoms with Gasteiger partial charge in [0.1, 0.15) is 11.2 Å². The predicted octanol–water partition coefficient (Wildman–Crippen LogP) is 2.93. The molecule has 3 rings (SSSR count). The second kappa shape index (κ2) is 6.60. The Hall–Kier alpha value is -0.810. The maximum Gasteiger partial charge on any atom is 0.410 e. The number of hydrogen-bond acceptors (Lipinski definition) is 4. The number of hydrogen-bond donors (Lipinski definition) is 1. The standard InChI is InChI=1S/C18H32N2O3/c1-17(2,3)23-16(21)20-11-9-18(13-20)15(19-10-12-22-18)14-7-5-4-6-8-14/h14-15,19H,4-13H2,1-3H3. The van der Waals surface area contributed by atoms with E-state index in [4.69, 9.17) is 9.47 Å². The first-order chi connectivity index (χ1) is 10.9. The molecule has 2 saturated heterocycles. The van der Waals surface area contributed by atoms with Gasteiger partial charge < -0.3 is 19.7 Å². The van der Waals surface area contributed by atoms with Crippen molar-refractivity contribution in [2.24, 2.45) is 5.92 Å². The highest BCUT2D eigenvalue weighted by atomic mass is 16.6. The molecule has 1 saturated carbocycles. The van der Waals surface area contributed by atoms with E-state index in [-0.39, 0.29) is 11.7 Å². The van der Waals surface area contributed by atoms with Crippen molar-refractivity contribution in [3.63, 3.8) is 0 Å². The van der Waals surface area contributed by atoms with E-state index in [1.54, 1.807) is 0 Å². The molecule has 5 heteroatoms. The Bertz CT molecular complexity index is 428. The monoisotopic (exact) mass is 324 g/mol. The van der Waals surface area contributed by atoms with Crippen LogP contribution in [0.4, 0.5) is 4.79 Å². The molecule has 2 heterocycles. The molecular weight excluding hydrogens is 292 g/mol. The van der Waals surface area contributed by atoms with Gasteiger partial charge in [0.2, 0.25) is 0 Å². The largest absolute Gasteiger partial charge is 0.444 e. The van der Waals surface area contributed by atoms with Crippen LogP contribution in [0.2, 0.25) is 0 Å². The minimum atomic E-state index is -0.443. The van der Waals surface area contributed by atoms with Crippen molar-refractivity contribution in [3.8, 4) is 0 Å². The lowest BCUT2D eigenvalue weighted by Gasteiger charge is -2.46. The first kappa shape index (κ1) is 17.0. The lowest BCUT2D eigenvalue weighted by molar-refractivity contribution is -0.106. The van der Waals surface area contributed by atoms with E-state index in [2.05, 4.69) is 5.32 Å². The van der Waals surface area contributed by atoms with E-state index in [1.165, 1.54) is 32.1 Å². The van der Waals surface area contributed by atoms with Crippen molar-refractivity contribution in [2.45, 2.75) is 76.5 Å². The zero-order chi connectivity index (χ0) is 16.5. The molecule has 0 bridgehead atoms. The third-order valence-corrected chi connectivity index (χ3v) is 5.46. The van der Waals surface area contributed by atoms with Gasteiger partial charge in [-0.1, -0.05) is 19.3 Å². The summed E-state index contributed by atoms with van der Waals surface area (Å²) >= 11 is 0. The Morgan fingerprint density at radius 2 is 2.00 bits per heavy atom. The SMILES string of the molecule is CC(C)(C)OC(=O)N1CCC2(C1)OCCNC2C1CCCCC1. The van der Waals surface area contributed by atoms with Crippen LogP contribution in [0.3, 0.4) is 0 Å². The predicted molar refractivity (Wildman–Crippen MR) is 89.5 cm³/mol. The lowest BCUT2D eigenvalue weighted by atomic mass is 9.75. The zero-order valence-corrected chi connectivity index (χ0v) is 14.9. The molecule has 132 valence electrons. The molecule has 1 amide bonds. The second-order valence-corrected chi connectivity index (χ2v) is 8.40. The van der Waals surface area contributed by atoms with Crippen LogP contribution in [0.1, 0.15) is 59.3 Å². The van der Waals surface area contributed by atoms with Crippen molar-refractivity contribution >= 4 is 6.09 Å². The number of nitrogens with zero attached hydrogens (tertiary/aromatic N) is 1.